The lowest BCUT2D eigenvalue weighted by molar-refractivity contribution is 0.461. The van der Waals surface area contributed by atoms with Gasteiger partial charge in [0.25, 0.3) is 0 Å². The van der Waals surface area contributed by atoms with Gasteiger partial charge in [0.05, 0.1) is 27.6 Å². The van der Waals surface area contributed by atoms with E-state index in [9.17, 15) is 0 Å². The zero-order valence-corrected chi connectivity index (χ0v) is 44.7. The van der Waals surface area contributed by atoms with Crippen LogP contribution in [0.4, 0.5) is 51.7 Å². The Balaban J connectivity index is 0.907. The monoisotopic (exact) mass is 1070 g/mol. The van der Waals surface area contributed by atoms with Crippen LogP contribution in [0.15, 0.2) is 267 Å². The number of anilines is 6. The van der Waals surface area contributed by atoms with Crippen molar-refractivity contribution in [1.29, 1.82) is 0 Å². The fourth-order valence-corrected chi connectivity index (χ4v) is 11.8. The molecule has 12 aromatic carbocycles. The van der Waals surface area contributed by atoms with Gasteiger partial charge in [-0.2, -0.15) is 0 Å². The van der Waals surface area contributed by atoms with Gasteiger partial charge in [-0.25, -0.2) is 17.6 Å². The minimum Gasteiger partial charge on any atom is -0.310 e. The summed E-state index contributed by atoms with van der Waals surface area (Å²) >= 11 is 0. The fraction of sp³-hybridized carbons (Fsp3) is 0.0270. The molecular weight excluding hydrogens is 1020 g/mol. The first-order valence-corrected chi connectivity index (χ1v) is 27.2. The van der Waals surface area contributed by atoms with Gasteiger partial charge in [-0.1, -0.05) is 169 Å². The Kier molecular flexibility index (Phi) is 12.4. The maximum Gasteiger partial charge on any atom is 0.186 e. The lowest BCUT2D eigenvalue weighted by atomic mass is 10.00. The quantitative estimate of drug-likeness (QED) is 0.0948. The molecule has 0 saturated heterocycles. The Morgan fingerprint density at radius 1 is 0.268 bits per heavy atom. The van der Waals surface area contributed by atoms with Crippen LogP contribution in [0.2, 0.25) is 0 Å². The van der Waals surface area contributed by atoms with E-state index in [0.717, 1.165) is 94.2 Å². The Morgan fingerprint density at radius 3 is 1.12 bits per heavy atom. The molecule has 0 amide bonds. The van der Waals surface area contributed by atoms with E-state index in [2.05, 4.69) is 112 Å². The standard InChI is InChI=1S/C74H50F4N4/c1-47-27-33-55(34-28-47)81-65-25-11-9-23-61(65)63-45-59(39-41-67(63)81)79(57-21-13-19-52(43-57)49-15-5-3-6-16-49)54-37-31-51(32-38-54)69-70(75)72(77)74(73(78)71(69)76)80(58-22-14-20-53(44-58)50-17-7-4-8-18-50)60-40-42-68-64(46-60)62-24-10-12-26-66(62)82(68)56-35-29-48(2)30-36-56/h3-46H,1-2H3. The van der Waals surface area contributed by atoms with E-state index in [1.807, 2.05) is 134 Å². The van der Waals surface area contributed by atoms with Crippen molar-refractivity contribution in [1.82, 2.24) is 9.13 Å². The number of nitrogens with zero attached hydrogens (tertiary/aromatic N) is 4. The van der Waals surface area contributed by atoms with Crippen LogP contribution in [-0.4, -0.2) is 9.13 Å². The van der Waals surface area contributed by atoms with Crippen molar-refractivity contribution in [2.45, 2.75) is 13.8 Å². The van der Waals surface area contributed by atoms with Crippen molar-refractivity contribution in [2.24, 2.45) is 0 Å². The zero-order valence-electron chi connectivity index (χ0n) is 44.7. The highest BCUT2D eigenvalue weighted by molar-refractivity contribution is 6.12. The van der Waals surface area contributed by atoms with E-state index in [1.165, 1.54) is 22.6 Å². The largest absolute Gasteiger partial charge is 0.310 e. The van der Waals surface area contributed by atoms with Gasteiger partial charge in [-0.05, 0) is 151 Å². The van der Waals surface area contributed by atoms with Gasteiger partial charge in [0.2, 0.25) is 0 Å². The highest BCUT2D eigenvalue weighted by Gasteiger charge is 2.32. The molecule has 0 aliphatic heterocycles. The van der Waals surface area contributed by atoms with E-state index in [0.29, 0.717) is 17.1 Å². The van der Waals surface area contributed by atoms with Crippen LogP contribution in [-0.2, 0) is 0 Å². The van der Waals surface area contributed by atoms with Crippen LogP contribution < -0.4 is 9.80 Å². The van der Waals surface area contributed by atoms with E-state index >= 15 is 17.6 Å². The summed E-state index contributed by atoms with van der Waals surface area (Å²) in [5, 5.41) is 3.77. The molecule has 0 aliphatic rings. The van der Waals surface area contributed by atoms with Gasteiger partial charge >= 0.3 is 0 Å². The van der Waals surface area contributed by atoms with Gasteiger partial charge < -0.3 is 18.9 Å². The van der Waals surface area contributed by atoms with Gasteiger partial charge in [-0.15, -0.1) is 0 Å². The van der Waals surface area contributed by atoms with E-state index in [-0.39, 0.29) is 5.56 Å². The molecule has 8 heteroatoms. The Labute approximate surface area is 471 Å². The third-order valence-corrected chi connectivity index (χ3v) is 15.7. The molecule has 14 rings (SSSR count). The summed E-state index contributed by atoms with van der Waals surface area (Å²) in [5.41, 5.74) is 12.9. The van der Waals surface area contributed by atoms with E-state index in [1.54, 1.807) is 36.4 Å². The average molecular weight is 1070 g/mol. The number of rotatable bonds is 11. The van der Waals surface area contributed by atoms with Crippen LogP contribution in [0.3, 0.4) is 0 Å². The molecule has 14 aromatic rings. The van der Waals surface area contributed by atoms with Crippen LogP contribution in [0.1, 0.15) is 11.1 Å². The molecule has 0 unspecified atom stereocenters. The Bertz CT molecular complexity index is 4710. The van der Waals surface area contributed by atoms with Gasteiger partial charge in [-0.3, -0.25) is 0 Å². The highest BCUT2D eigenvalue weighted by atomic mass is 19.2. The van der Waals surface area contributed by atoms with Crippen molar-refractivity contribution in [3.8, 4) is 44.8 Å². The lowest BCUT2D eigenvalue weighted by Gasteiger charge is -2.28. The van der Waals surface area contributed by atoms with Crippen molar-refractivity contribution < 1.29 is 17.6 Å². The van der Waals surface area contributed by atoms with E-state index in [4.69, 9.17) is 0 Å². The third kappa shape index (κ3) is 8.55. The number of aryl methyl sites for hydroxylation is 2. The molecule has 0 fully saturated rings. The molecule has 0 N–H and O–H groups in total. The molecule has 394 valence electrons. The van der Waals surface area contributed by atoms with Crippen LogP contribution in [0.25, 0.3) is 88.4 Å². The van der Waals surface area contributed by atoms with Crippen LogP contribution >= 0.6 is 0 Å². The summed E-state index contributed by atoms with van der Waals surface area (Å²) in [5.74, 6) is -6.12. The smallest absolute Gasteiger partial charge is 0.186 e. The first-order valence-electron chi connectivity index (χ1n) is 27.2. The third-order valence-electron chi connectivity index (χ3n) is 15.7. The molecule has 0 spiro atoms. The normalized spacial score (nSPS) is 11.5. The maximum atomic E-state index is 17.6. The predicted molar refractivity (Wildman–Crippen MR) is 330 cm³/mol. The average Bonchev–Trinajstić information content (AvgIpc) is 4.10. The van der Waals surface area contributed by atoms with Crippen LogP contribution in [0, 0.1) is 37.1 Å². The second-order valence-electron chi connectivity index (χ2n) is 20.8. The summed E-state index contributed by atoms with van der Waals surface area (Å²) in [7, 11) is 0. The minimum atomic E-state index is -1.54. The topological polar surface area (TPSA) is 16.3 Å². The second-order valence-corrected chi connectivity index (χ2v) is 20.8. The fourth-order valence-electron chi connectivity index (χ4n) is 11.8. The minimum absolute atomic E-state index is 0.0410. The molecule has 0 radical (unpaired) electrons. The molecule has 0 aliphatic carbocycles. The number of hydrogen-bond acceptors (Lipinski definition) is 2. The first-order chi connectivity index (χ1) is 40.2. The molecule has 0 saturated carbocycles. The first kappa shape index (κ1) is 49.8. The lowest BCUT2D eigenvalue weighted by Crippen LogP contribution is -2.17. The molecule has 0 bridgehead atoms. The molecule has 2 heterocycles. The van der Waals surface area contributed by atoms with Crippen molar-refractivity contribution >= 4 is 77.7 Å². The van der Waals surface area contributed by atoms with Gasteiger partial charge in [0.1, 0.15) is 5.69 Å². The van der Waals surface area contributed by atoms with Crippen molar-refractivity contribution in [3.05, 3.63) is 301 Å². The van der Waals surface area contributed by atoms with Crippen molar-refractivity contribution in [2.75, 3.05) is 9.80 Å². The maximum absolute atomic E-state index is 17.6. The molecule has 0 atom stereocenters. The summed E-state index contributed by atoms with van der Waals surface area (Å²) < 4.78 is 74.4. The predicted octanol–water partition coefficient (Wildman–Crippen LogP) is 21.0. The summed E-state index contributed by atoms with van der Waals surface area (Å²) in [6.45, 7) is 4.11. The molecule has 82 heavy (non-hydrogen) atoms. The summed E-state index contributed by atoms with van der Waals surface area (Å²) in [6, 6.07) is 86.2. The molecule has 2 aromatic heterocycles. The molecular formula is C74H50F4N4. The number of halogens is 4. The molecule has 4 nitrogen and oxygen atoms in total. The Morgan fingerprint density at radius 2 is 0.646 bits per heavy atom. The number of para-hydroxylation sites is 2. The summed E-state index contributed by atoms with van der Waals surface area (Å²) in [4.78, 5) is 3.37. The number of fused-ring (bicyclic) bond motifs is 6. The number of aromatic nitrogens is 2. The Hall–Kier alpha value is -10.4. The van der Waals surface area contributed by atoms with Gasteiger partial charge in [0, 0.05) is 61.4 Å². The zero-order chi connectivity index (χ0) is 55.6. The van der Waals surface area contributed by atoms with Crippen LogP contribution in [0.5, 0.6) is 0 Å². The highest BCUT2D eigenvalue weighted by Crippen LogP contribution is 2.47. The summed E-state index contributed by atoms with van der Waals surface area (Å²) in [6.07, 6.45) is 0. The van der Waals surface area contributed by atoms with Gasteiger partial charge in [0.15, 0.2) is 23.3 Å². The second kappa shape index (κ2) is 20.3. The number of hydrogen-bond donors (Lipinski definition) is 0. The van der Waals surface area contributed by atoms with E-state index < -0.39 is 34.5 Å². The number of benzene rings is 12. The van der Waals surface area contributed by atoms with Crippen molar-refractivity contribution in [3.63, 3.8) is 0 Å². The SMILES string of the molecule is Cc1ccc(-n2c3ccccc3c3cc(N(c4ccc(-c5c(F)c(F)c(N(c6cccc(-c7ccccc7)c6)c6ccc7c(c6)c6ccccc6n7-c6ccc(C)cc6)c(F)c5F)cc4)c4cccc(-c5ccccc5)c4)ccc32)cc1.